The first kappa shape index (κ1) is 8.53. The highest BCUT2D eigenvalue weighted by atomic mass is 16.6. The maximum Gasteiger partial charge on any atom is 0.338 e. The topological polar surface area (TPSA) is 38.8 Å². The summed E-state index contributed by atoms with van der Waals surface area (Å²) in [5.41, 5.74) is 0. The predicted octanol–water partition coefficient (Wildman–Crippen LogP) is 0.973. The molecule has 1 aliphatic rings. The smallest absolute Gasteiger partial charge is 0.338 e. The van der Waals surface area contributed by atoms with Crippen LogP contribution in [-0.4, -0.2) is 24.8 Å². The van der Waals surface area contributed by atoms with Crippen LogP contribution < -0.4 is 0 Å². The van der Waals surface area contributed by atoms with Crippen LogP contribution in [0.5, 0.6) is 0 Å². The van der Waals surface area contributed by atoms with E-state index in [1.54, 1.807) is 6.92 Å². The highest BCUT2D eigenvalue weighted by molar-refractivity contribution is 5.78. The van der Waals surface area contributed by atoms with Gasteiger partial charge in [-0.1, -0.05) is 13.8 Å². The standard InChI is InChI=1S/C8H14O3/c1-4-10-8(9)7-6(11-7)5(2)3/h5-7H,4H2,1-3H3. The third kappa shape index (κ3) is 1.93. The van der Waals surface area contributed by atoms with Gasteiger partial charge in [0.25, 0.3) is 0 Å². The lowest BCUT2D eigenvalue weighted by molar-refractivity contribution is -0.144. The normalized spacial score (nSPS) is 28.7. The molecule has 1 aliphatic heterocycles. The summed E-state index contributed by atoms with van der Waals surface area (Å²) in [6, 6.07) is 0. The Balaban J connectivity index is 2.26. The molecule has 0 amide bonds. The predicted molar refractivity (Wildman–Crippen MR) is 40.1 cm³/mol. The van der Waals surface area contributed by atoms with Gasteiger partial charge < -0.3 is 9.47 Å². The molecular formula is C8H14O3. The Bertz CT molecular complexity index is 153. The van der Waals surface area contributed by atoms with Gasteiger partial charge >= 0.3 is 5.97 Å². The minimum Gasteiger partial charge on any atom is -0.464 e. The Kier molecular flexibility index (Phi) is 2.49. The molecule has 0 saturated carbocycles. The van der Waals surface area contributed by atoms with E-state index < -0.39 is 0 Å². The summed E-state index contributed by atoms with van der Waals surface area (Å²) in [6.07, 6.45) is -0.191. The molecule has 3 nitrogen and oxygen atoms in total. The summed E-state index contributed by atoms with van der Waals surface area (Å²) in [6.45, 7) is 6.29. The van der Waals surface area contributed by atoms with E-state index in [9.17, 15) is 4.79 Å². The zero-order valence-electron chi connectivity index (χ0n) is 7.16. The molecule has 3 heteroatoms. The Hall–Kier alpha value is -0.570. The number of ether oxygens (including phenoxy) is 2. The Morgan fingerprint density at radius 3 is 2.64 bits per heavy atom. The molecule has 0 bridgehead atoms. The fourth-order valence-corrected chi connectivity index (χ4v) is 1.04. The summed E-state index contributed by atoms with van der Waals surface area (Å²) in [5, 5.41) is 0. The van der Waals surface area contributed by atoms with Crippen molar-refractivity contribution in [2.75, 3.05) is 6.61 Å². The van der Waals surface area contributed by atoms with Crippen LogP contribution in [-0.2, 0) is 14.3 Å². The molecule has 2 atom stereocenters. The summed E-state index contributed by atoms with van der Waals surface area (Å²) < 4.78 is 9.90. The van der Waals surface area contributed by atoms with Crippen LogP contribution in [0.1, 0.15) is 20.8 Å². The summed E-state index contributed by atoms with van der Waals surface area (Å²) in [5.74, 6) is 0.190. The summed E-state index contributed by atoms with van der Waals surface area (Å²) in [4.78, 5) is 11.0. The van der Waals surface area contributed by atoms with E-state index in [2.05, 4.69) is 0 Å². The number of carbonyl (C=O) groups excluding carboxylic acids is 1. The van der Waals surface area contributed by atoms with Gasteiger partial charge in [-0.25, -0.2) is 4.79 Å². The number of rotatable bonds is 3. The van der Waals surface area contributed by atoms with Crippen molar-refractivity contribution >= 4 is 5.97 Å². The summed E-state index contributed by atoms with van der Waals surface area (Å²) >= 11 is 0. The number of carbonyl (C=O) groups is 1. The van der Waals surface area contributed by atoms with E-state index >= 15 is 0 Å². The Morgan fingerprint density at radius 1 is 1.64 bits per heavy atom. The van der Waals surface area contributed by atoms with Crippen LogP contribution >= 0.6 is 0 Å². The Labute approximate surface area is 66.7 Å². The van der Waals surface area contributed by atoms with Gasteiger partial charge in [-0.05, 0) is 12.8 Å². The Morgan fingerprint density at radius 2 is 2.27 bits per heavy atom. The first-order chi connectivity index (χ1) is 5.16. The van der Waals surface area contributed by atoms with Crippen molar-refractivity contribution in [3.05, 3.63) is 0 Å². The van der Waals surface area contributed by atoms with Crippen molar-refractivity contribution in [2.24, 2.45) is 5.92 Å². The molecule has 0 aliphatic carbocycles. The third-order valence-corrected chi connectivity index (χ3v) is 1.70. The van der Waals surface area contributed by atoms with Crippen molar-refractivity contribution < 1.29 is 14.3 Å². The van der Waals surface area contributed by atoms with Gasteiger partial charge in [0.2, 0.25) is 0 Å². The average molecular weight is 158 g/mol. The van der Waals surface area contributed by atoms with E-state index in [0.29, 0.717) is 12.5 Å². The van der Waals surface area contributed by atoms with E-state index in [1.165, 1.54) is 0 Å². The first-order valence-corrected chi connectivity index (χ1v) is 3.99. The van der Waals surface area contributed by atoms with Gasteiger partial charge in [-0.2, -0.15) is 0 Å². The average Bonchev–Trinajstić information content (AvgIpc) is 2.65. The van der Waals surface area contributed by atoms with Crippen molar-refractivity contribution in [3.63, 3.8) is 0 Å². The highest BCUT2D eigenvalue weighted by Gasteiger charge is 2.47. The van der Waals surface area contributed by atoms with Gasteiger partial charge in [0, 0.05) is 0 Å². The van der Waals surface area contributed by atoms with Crippen LogP contribution in [0, 0.1) is 5.92 Å². The largest absolute Gasteiger partial charge is 0.464 e. The number of epoxide rings is 1. The van der Waals surface area contributed by atoms with Crippen LogP contribution in [0.4, 0.5) is 0 Å². The molecule has 0 aromatic carbocycles. The fraction of sp³-hybridized carbons (Fsp3) is 0.875. The van der Waals surface area contributed by atoms with E-state index in [1.807, 2.05) is 13.8 Å². The number of esters is 1. The lowest BCUT2D eigenvalue weighted by Gasteiger charge is -1.98. The van der Waals surface area contributed by atoms with Crippen molar-refractivity contribution in [3.8, 4) is 0 Å². The van der Waals surface area contributed by atoms with Gasteiger partial charge in [0.1, 0.15) is 0 Å². The monoisotopic (exact) mass is 158 g/mol. The van der Waals surface area contributed by atoms with Gasteiger partial charge in [0.05, 0.1) is 12.7 Å². The molecule has 1 rings (SSSR count). The SMILES string of the molecule is CCOC(=O)C1OC1C(C)C. The fourth-order valence-electron chi connectivity index (χ4n) is 1.04. The molecule has 0 aromatic rings. The molecule has 11 heavy (non-hydrogen) atoms. The maximum atomic E-state index is 11.0. The van der Waals surface area contributed by atoms with Crippen LogP contribution in [0.15, 0.2) is 0 Å². The number of hydrogen-bond donors (Lipinski definition) is 0. The molecule has 1 heterocycles. The molecule has 1 saturated heterocycles. The van der Waals surface area contributed by atoms with Crippen LogP contribution in [0.3, 0.4) is 0 Å². The van der Waals surface area contributed by atoms with Gasteiger partial charge in [0.15, 0.2) is 6.10 Å². The number of hydrogen-bond acceptors (Lipinski definition) is 3. The minimum absolute atomic E-state index is 0.0917. The summed E-state index contributed by atoms with van der Waals surface area (Å²) in [7, 11) is 0. The van der Waals surface area contributed by atoms with Crippen LogP contribution in [0.2, 0.25) is 0 Å². The quantitative estimate of drug-likeness (QED) is 0.454. The molecular weight excluding hydrogens is 144 g/mol. The maximum absolute atomic E-state index is 11.0. The molecule has 0 N–H and O–H groups in total. The van der Waals surface area contributed by atoms with Gasteiger partial charge in [-0.15, -0.1) is 0 Å². The van der Waals surface area contributed by atoms with Gasteiger partial charge in [-0.3, -0.25) is 0 Å². The van der Waals surface area contributed by atoms with E-state index in [0.717, 1.165) is 0 Å². The molecule has 0 spiro atoms. The molecule has 1 fully saturated rings. The van der Waals surface area contributed by atoms with E-state index in [4.69, 9.17) is 9.47 Å². The molecule has 64 valence electrons. The van der Waals surface area contributed by atoms with Crippen molar-refractivity contribution in [1.29, 1.82) is 0 Å². The first-order valence-electron chi connectivity index (χ1n) is 3.99. The highest BCUT2D eigenvalue weighted by Crippen LogP contribution is 2.29. The second-order valence-electron chi connectivity index (χ2n) is 3.02. The minimum atomic E-state index is -0.282. The lowest BCUT2D eigenvalue weighted by Crippen LogP contribution is -2.15. The lowest BCUT2D eigenvalue weighted by atomic mass is 10.1. The zero-order valence-corrected chi connectivity index (χ0v) is 7.16. The van der Waals surface area contributed by atoms with E-state index in [-0.39, 0.29) is 18.2 Å². The second-order valence-corrected chi connectivity index (χ2v) is 3.02. The molecule has 0 aromatic heterocycles. The third-order valence-electron chi connectivity index (χ3n) is 1.70. The van der Waals surface area contributed by atoms with Crippen LogP contribution in [0.25, 0.3) is 0 Å². The van der Waals surface area contributed by atoms with Crippen molar-refractivity contribution in [2.45, 2.75) is 33.0 Å². The second kappa shape index (κ2) is 3.22. The molecule has 2 unspecified atom stereocenters. The zero-order chi connectivity index (χ0) is 8.43. The molecule has 0 radical (unpaired) electrons. The van der Waals surface area contributed by atoms with Crippen molar-refractivity contribution in [1.82, 2.24) is 0 Å².